The summed E-state index contributed by atoms with van der Waals surface area (Å²) in [6.07, 6.45) is 8.66. The summed E-state index contributed by atoms with van der Waals surface area (Å²) < 4.78 is 16.4. The molecule has 0 atom stereocenters. The summed E-state index contributed by atoms with van der Waals surface area (Å²) in [5, 5.41) is 11.2. The summed E-state index contributed by atoms with van der Waals surface area (Å²) in [4.78, 5) is 36.1. The lowest BCUT2D eigenvalue weighted by molar-refractivity contribution is -0.149. The van der Waals surface area contributed by atoms with E-state index in [-0.39, 0.29) is 17.9 Å². The fraction of sp³-hybridized carbons (Fsp3) is 0.545. The van der Waals surface area contributed by atoms with Crippen LogP contribution in [-0.2, 0) is 11.2 Å². The Morgan fingerprint density at radius 1 is 1.14 bits per heavy atom. The second kappa shape index (κ2) is 11.8. The first kappa shape index (κ1) is 30.2. The molecule has 2 saturated heterocycles. The van der Waals surface area contributed by atoms with E-state index >= 15 is 0 Å². The molecule has 2 aliphatic heterocycles. The zero-order valence-electron chi connectivity index (χ0n) is 25.7. The quantitative estimate of drug-likeness (QED) is 0.428. The molecule has 8 nitrogen and oxygen atoms in total. The fourth-order valence-corrected chi connectivity index (χ4v) is 6.45. The van der Waals surface area contributed by atoms with Gasteiger partial charge < -0.3 is 24.4 Å². The van der Waals surface area contributed by atoms with Crippen molar-refractivity contribution in [2.24, 2.45) is 11.8 Å². The number of rotatable bonds is 8. The minimum absolute atomic E-state index is 0.0150. The van der Waals surface area contributed by atoms with Crippen LogP contribution < -0.4 is 0 Å². The van der Waals surface area contributed by atoms with Crippen LogP contribution in [0, 0.1) is 24.6 Å². The van der Waals surface area contributed by atoms with E-state index in [0.29, 0.717) is 36.2 Å². The monoisotopic (exact) mass is 577 g/mol. The van der Waals surface area contributed by atoms with Crippen molar-refractivity contribution in [1.82, 2.24) is 24.3 Å². The number of piperidine rings is 1. The van der Waals surface area contributed by atoms with Gasteiger partial charge in [-0.3, -0.25) is 14.6 Å². The molecule has 2 amide bonds. The molecule has 0 aliphatic carbocycles. The molecular formula is C33H44FN5O3. The van der Waals surface area contributed by atoms with Crippen molar-refractivity contribution < 1.29 is 19.1 Å². The minimum Gasteiger partial charge on any atom is -0.381 e. The Bertz CT molecular complexity index is 1460. The average Bonchev–Trinajstić information content (AvgIpc) is 3.29. The largest absolute Gasteiger partial charge is 0.381 e. The molecule has 9 heteroatoms. The lowest BCUT2D eigenvalue weighted by Crippen LogP contribution is -2.52. The summed E-state index contributed by atoms with van der Waals surface area (Å²) in [5.74, 6) is 0.252. The zero-order chi connectivity index (χ0) is 30.3. The molecule has 0 radical (unpaired) electrons. The van der Waals surface area contributed by atoms with Crippen LogP contribution in [-0.4, -0.2) is 92.6 Å². The number of aliphatic hydroxyl groups is 1. The van der Waals surface area contributed by atoms with Crippen LogP contribution in [0.3, 0.4) is 0 Å². The van der Waals surface area contributed by atoms with E-state index in [9.17, 15) is 19.1 Å². The summed E-state index contributed by atoms with van der Waals surface area (Å²) in [6.45, 7) is 13.6. The van der Waals surface area contributed by atoms with Gasteiger partial charge in [0, 0.05) is 63.6 Å². The molecule has 2 aliphatic rings. The summed E-state index contributed by atoms with van der Waals surface area (Å²) in [5.41, 5.74) is 2.89. The molecule has 4 heterocycles. The fourth-order valence-electron chi connectivity index (χ4n) is 6.45. The van der Waals surface area contributed by atoms with E-state index < -0.39 is 11.4 Å². The number of likely N-dealkylation sites (tertiary alicyclic amines) is 2. The lowest BCUT2D eigenvalue weighted by Gasteiger charge is -2.43. The number of pyridine rings is 1. The van der Waals surface area contributed by atoms with Crippen molar-refractivity contribution in [2.75, 3.05) is 39.8 Å². The average molecular weight is 578 g/mol. The van der Waals surface area contributed by atoms with Crippen LogP contribution in [0.1, 0.15) is 62.0 Å². The van der Waals surface area contributed by atoms with Crippen LogP contribution >= 0.6 is 0 Å². The number of nitrogens with zero attached hydrogens (tertiary/aromatic N) is 5. The first-order valence-electron chi connectivity index (χ1n) is 15.1. The number of hydrogen-bond acceptors (Lipinski definition) is 5. The molecule has 42 heavy (non-hydrogen) atoms. The van der Waals surface area contributed by atoms with Crippen LogP contribution in [0.15, 0.2) is 36.8 Å². The summed E-state index contributed by atoms with van der Waals surface area (Å²) in [7, 11) is 1.74. The van der Waals surface area contributed by atoms with E-state index in [0.717, 1.165) is 55.4 Å². The van der Waals surface area contributed by atoms with Crippen molar-refractivity contribution in [2.45, 2.75) is 65.5 Å². The van der Waals surface area contributed by atoms with Crippen LogP contribution in [0.2, 0.25) is 0 Å². The van der Waals surface area contributed by atoms with Gasteiger partial charge in [-0.15, -0.1) is 0 Å². The van der Waals surface area contributed by atoms with Gasteiger partial charge in [-0.05, 0) is 95.0 Å². The maximum absolute atomic E-state index is 14.4. The highest BCUT2D eigenvalue weighted by atomic mass is 19.1. The Balaban J connectivity index is 1.29. The predicted molar refractivity (Wildman–Crippen MR) is 162 cm³/mol. The molecule has 0 bridgehead atoms. The van der Waals surface area contributed by atoms with Crippen molar-refractivity contribution >= 4 is 22.7 Å². The Morgan fingerprint density at radius 3 is 2.48 bits per heavy atom. The van der Waals surface area contributed by atoms with Crippen molar-refractivity contribution in [3.8, 4) is 5.69 Å². The third-order valence-corrected chi connectivity index (χ3v) is 9.01. The van der Waals surface area contributed by atoms with Crippen LogP contribution in [0.5, 0.6) is 0 Å². The van der Waals surface area contributed by atoms with Gasteiger partial charge in [-0.2, -0.15) is 0 Å². The van der Waals surface area contributed by atoms with Crippen molar-refractivity contribution in [3.63, 3.8) is 0 Å². The van der Waals surface area contributed by atoms with E-state index in [4.69, 9.17) is 0 Å². The highest BCUT2D eigenvalue weighted by molar-refractivity contribution is 5.99. The summed E-state index contributed by atoms with van der Waals surface area (Å²) >= 11 is 0. The van der Waals surface area contributed by atoms with E-state index in [1.807, 2.05) is 30.8 Å². The van der Waals surface area contributed by atoms with Crippen molar-refractivity contribution in [3.05, 3.63) is 59.3 Å². The minimum atomic E-state index is -1.31. The smallest absolute Gasteiger partial charge is 0.256 e. The molecule has 2 fully saturated rings. The van der Waals surface area contributed by atoms with E-state index in [2.05, 4.69) is 23.0 Å². The normalized spacial score (nSPS) is 17.2. The standard InChI is InChI=1S/C33H44FN5O3/c1-21(2)36(6)31(40)27-14-26(34)7-8-28(27)39-20-25(30-22(3)15-35-16-29(30)39)13-24-18-37(19-24)17-23-9-11-38(12-10-23)32(41)33(4,5)42/h7-8,14-16,20-21,23-24,42H,9-13,17-19H2,1-6H3. The third kappa shape index (κ3) is 6.08. The molecule has 0 saturated carbocycles. The highest BCUT2D eigenvalue weighted by Crippen LogP contribution is 2.33. The van der Waals surface area contributed by atoms with Gasteiger partial charge in [0.25, 0.3) is 11.8 Å². The number of aryl methyl sites for hydroxylation is 1. The van der Waals surface area contributed by atoms with Crippen molar-refractivity contribution in [1.29, 1.82) is 0 Å². The molecule has 5 rings (SSSR count). The number of carbonyl (C=O) groups excluding carboxylic acids is 2. The molecule has 1 aromatic carbocycles. The zero-order valence-corrected chi connectivity index (χ0v) is 25.7. The van der Waals surface area contributed by atoms with Gasteiger partial charge in [0.05, 0.1) is 23.0 Å². The molecule has 0 unspecified atom stereocenters. The molecule has 1 N–H and O–H groups in total. The first-order chi connectivity index (χ1) is 19.8. The Morgan fingerprint density at radius 2 is 1.83 bits per heavy atom. The molecule has 3 aromatic rings. The molecular weight excluding hydrogens is 533 g/mol. The topological polar surface area (TPSA) is 81.9 Å². The van der Waals surface area contributed by atoms with Gasteiger partial charge >= 0.3 is 0 Å². The van der Waals surface area contributed by atoms with Gasteiger partial charge in [0.1, 0.15) is 11.4 Å². The number of hydrogen-bond donors (Lipinski definition) is 1. The number of amides is 2. The maximum Gasteiger partial charge on any atom is 0.256 e. The predicted octanol–water partition coefficient (Wildman–Crippen LogP) is 4.44. The van der Waals surface area contributed by atoms with Gasteiger partial charge in [0.2, 0.25) is 0 Å². The first-order valence-corrected chi connectivity index (χ1v) is 15.1. The lowest BCUT2D eigenvalue weighted by atomic mass is 9.88. The van der Waals surface area contributed by atoms with Gasteiger partial charge in [-0.1, -0.05) is 0 Å². The second-order valence-corrected chi connectivity index (χ2v) is 13.1. The number of fused-ring (bicyclic) bond motifs is 1. The molecule has 226 valence electrons. The highest BCUT2D eigenvalue weighted by Gasteiger charge is 2.34. The van der Waals surface area contributed by atoms with Gasteiger partial charge in [0.15, 0.2) is 0 Å². The second-order valence-electron chi connectivity index (χ2n) is 13.1. The number of benzene rings is 1. The maximum atomic E-state index is 14.4. The number of halogens is 1. The third-order valence-electron chi connectivity index (χ3n) is 9.01. The van der Waals surface area contributed by atoms with E-state index in [1.165, 1.54) is 17.7 Å². The Hall–Kier alpha value is -3.30. The van der Waals surface area contributed by atoms with Gasteiger partial charge in [-0.25, -0.2) is 4.39 Å². The summed E-state index contributed by atoms with van der Waals surface area (Å²) in [6, 6.07) is 4.41. The number of aromatic nitrogens is 2. The molecule has 0 spiro atoms. The SMILES string of the molecule is Cc1cncc2c1c(CC1CN(CC3CCN(C(=O)C(C)(C)O)CC3)C1)cn2-c1ccc(F)cc1C(=O)N(C)C(C)C. The van der Waals surface area contributed by atoms with Crippen LogP contribution in [0.25, 0.3) is 16.6 Å². The van der Waals surface area contributed by atoms with Crippen LogP contribution in [0.4, 0.5) is 4.39 Å². The Kier molecular flexibility index (Phi) is 8.45. The number of carbonyl (C=O) groups is 2. The Labute approximate surface area is 248 Å². The van der Waals surface area contributed by atoms with E-state index in [1.54, 1.807) is 36.8 Å². The molecule has 2 aromatic heterocycles.